The lowest BCUT2D eigenvalue weighted by molar-refractivity contribution is -0.184. The van der Waals surface area contributed by atoms with Crippen LogP contribution in [0, 0.1) is 5.41 Å². The van der Waals surface area contributed by atoms with E-state index in [-0.39, 0.29) is 24.1 Å². The number of rotatable bonds is 4. The highest BCUT2D eigenvalue weighted by Crippen LogP contribution is 2.37. The van der Waals surface area contributed by atoms with Gasteiger partial charge in [-0.25, -0.2) is 9.59 Å². The van der Waals surface area contributed by atoms with Gasteiger partial charge in [-0.2, -0.15) is 0 Å². The van der Waals surface area contributed by atoms with Gasteiger partial charge < -0.3 is 14.5 Å². The zero-order chi connectivity index (χ0) is 22.1. The van der Waals surface area contributed by atoms with Gasteiger partial charge in [0.2, 0.25) is 0 Å². The van der Waals surface area contributed by atoms with Crippen LogP contribution in [-0.2, 0) is 14.4 Å². The van der Waals surface area contributed by atoms with Crippen LogP contribution in [0.25, 0.3) is 0 Å². The number of allylic oxidation sites excluding steroid dienone is 1. The van der Waals surface area contributed by atoms with Gasteiger partial charge in [0.15, 0.2) is 0 Å². The Labute approximate surface area is 175 Å². The summed E-state index contributed by atoms with van der Waals surface area (Å²) in [5.41, 5.74) is -1.41. The summed E-state index contributed by atoms with van der Waals surface area (Å²) in [6.07, 6.45) is 2.25. The molecule has 0 saturated carbocycles. The lowest BCUT2D eigenvalue weighted by atomic mass is 9.77. The number of benzene rings is 1. The van der Waals surface area contributed by atoms with Crippen LogP contribution < -0.4 is 0 Å². The molecule has 0 bridgehead atoms. The summed E-state index contributed by atoms with van der Waals surface area (Å²) < 4.78 is 5.43. The van der Waals surface area contributed by atoms with Gasteiger partial charge in [0.05, 0.1) is 16.5 Å². The number of fused-ring (bicyclic) bond motifs is 1. The molecule has 1 unspecified atom stereocenters. The highest BCUT2D eigenvalue weighted by Gasteiger charge is 2.48. The van der Waals surface area contributed by atoms with Gasteiger partial charge in [-0.15, -0.1) is 6.58 Å². The Kier molecular flexibility index (Phi) is 5.70. The highest BCUT2D eigenvalue weighted by molar-refractivity contribution is 6.20. The smallest absolute Gasteiger partial charge is 0.410 e. The summed E-state index contributed by atoms with van der Waals surface area (Å²) >= 11 is 0. The lowest BCUT2D eigenvalue weighted by Gasteiger charge is -2.40. The number of carbonyl (C=O) groups is 4. The van der Waals surface area contributed by atoms with Gasteiger partial charge in [-0.1, -0.05) is 23.3 Å². The molecule has 0 aromatic heterocycles. The van der Waals surface area contributed by atoms with Gasteiger partial charge in [-0.05, 0) is 52.2 Å². The average Bonchev–Trinajstić information content (AvgIpc) is 2.92. The molecule has 1 saturated heterocycles. The van der Waals surface area contributed by atoms with Gasteiger partial charge in [0.1, 0.15) is 5.60 Å². The minimum Gasteiger partial charge on any atom is -0.444 e. The maximum atomic E-state index is 13.2. The fourth-order valence-corrected chi connectivity index (χ4v) is 3.74. The molecule has 8 nitrogen and oxygen atoms in total. The van der Waals surface area contributed by atoms with E-state index in [1.54, 1.807) is 39.0 Å². The third-order valence-corrected chi connectivity index (χ3v) is 5.13. The number of hydroxylamine groups is 2. The zero-order valence-corrected chi connectivity index (χ0v) is 17.5. The van der Waals surface area contributed by atoms with E-state index in [4.69, 9.17) is 9.57 Å². The molecule has 0 radical (unpaired) electrons. The predicted octanol–water partition coefficient (Wildman–Crippen LogP) is 3.33. The van der Waals surface area contributed by atoms with Gasteiger partial charge >= 0.3 is 12.1 Å². The van der Waals surface area contributed by atoms with E-state index >= 15 is 0 Å². The Bertz CT molecular complexity index is 868. The third kappa shape index (κ3) is 4.08. The topological polar surface area (TPSA) is 93.2 Å². The van der Waals surface area contributed by atoms with Crippen molar-refractivity contribution in [3.63, 3.8) is 0 Å². The van der Waals surface area contributed by atoms with Crippen LogP contribution in [-0.4, -0.2) is 52.5 Å². The van der Waals surface area contributed by atoms with Crippen molar-refractivity contribution in [3.8, 4) is 0 Å². The van der Waals surface area contributed by atoms with Crippen LogP contribution >= 0.6 is 0 Å². The van der Waals surface area contributed by atoms with Crippen LogP contribution in [0.15, 0.2) is 36.9 Å². The lowest BCUT2D eigenvalue weighted by Crippen LogP contribution is -2.52. The first-order valence-electron chi connectivity index (χ1n) is 9.87. The number of ether oxygens (including phenoxy) is 1. The number of piperidine rings is 1. The summed E-state index contributed by atoms with van der Waals surface area (Å²) in [4.78, 5) is 57.6. The maximum absolute atomic E-state index is 13.2. The van der Waals surface area contributed by atoms with E-state index in [1.165, 1.54) is 17.0 Å². The minimum absolute atomic E-state index is 0.0515. The van der Waals surface area contributed by atoms with Crippen molar-refractivity contribution in [1.29, 1.82) is 0 Å². The number of nitrogens with zero attached hydrogens (tertiary/aromatic N) is 2. The van der Waals surface area contributed by atoms with Crippen molar-refractivity contribution in [2.24, 2.45) is 5.41 Å². The molecule has 1 atom stereocenters. The van der Waals surface area contributed by atoms with Crippen LogP contribution in [0.3, 0.4) is 0 Å². The van der Waals surface area contributed by atoms with Crippen LogP contribution in [0.4, 0.5) is 4.79 Å². The standard InChI is InChI=1S/C22H26N2O6/c1-5-11-22(12-8-13-23(14-22)20(28)29-21(2,3)4)19(27)30-24-17(25)15-9-6-7-10-16(15)18(24)26/h5-7,9-10H,1,8,11-14H2,2-4H3. The molecule has 160 valence electrons. The van der Waals surface area contributed by atoms with E-state index in [1.807, 2.05) is 0 Å². The fourth-order valence-electron chi connectivity index (χ4n) is 3.74. The van der Waals surface area contributed by atoms with E-state index in [9.17, 15) is 19.2 Å². The molecule has 0 spiro atoms. The molecule has 8 heteroatoms. The second kappa shape index (κ2) is 7.93. The number of likely N-dealkylation sites (tertiary alicyclic amines) is 1. The van der Waals surface area contributed by atoms with E-state index in [2.05, 4.69) is 6.58 Å². The first kappa shape index (κ1) is 21.5. The summed E-state index contributed by atoms with van der Waals surface area (Å²) in [6, 6.07) is 6.28. The molecule has 2 aliphatic rings. The number of amides is 3. The van der Waals surface area contributed by atoms with Crippen LogP contribution in [0.2, 0.25) is 0 Å². The molecule has 2 aliphatic heterocycles. The van der Waals surface area contributed by atoms with Crippen molar-refractivity contribution < 1.29 is 28.8 Å². The average molecular weight is 414 g/mol. The monoisotopic (exact) mass is 414 g/mol. The molecule has 3 amide bonds. The zero-order valence-electron chi connectivity index (χ0n) is 17.5. The largest absolute Gasteiger partial charge is 0.444 e. The molecule has 30 heavy (non-hydrogen) atoms. The second-order valence-corrected chi connectivity index (χ2v) is 8.61. The van der Waals surface area contributed by atoms with Gasteiger partial charge in [-0.3, -0.25) is 9.59 Å². The van der Waals surface area contributed by atoms with Crippen LogP contribution in [0.5, 0.6) is 0 Å². The fraction of sp³-hybridized carbons (Fsp3) is 0.455. The first-order valence-corrected chi connectivity index (χ1v) is 9.87. The third-order valence-electron chi connectivity index (χ3n) is 5.13. The van der Waals surface area contributed by atoms with Crippen LogP contribution in [0.1, 0.15) is 60.7 Å². The Balaban J connectivity index is 1.79. The molecule has 1 aromatic rings. The van der Waals surface area contributed by atoms with Crippen molar-refractivity contribution in [2.75, 3.05) is 13.1 Å². The Morgan fingerprint density at radius 1 is 1.17 bits per heavy atom. The normalized spacial score (nSPS) is 21.3. The molecule has 2 heterocycles. The molecular weight excluding hydrogens is 388 g/mol. The van der Waals surface area contributed by atoms with E-state index in [0.29, 0.717) is 24.4 Å². The van der Waals surface area contributed by atoms with Crippen molar-refractivity contribution >= 4 is 23.9 Å². The van der Waals surface area contributed by atoms with Gasteiger partial charge in [0, 0.05) is 13.1 Å². The Hall–Kier alpha value is -3.16. The summed E-state index contributed by atoms with van der Waals surface area (Å²) in [6.45, 7) is 9.50. The van der Waals surface area contributed by atoms with Crippen molar-refractivity contribution in [3.05, 3.63) is 48.0 Å². The molecular formula is C22H26N2O6. The van der Waals surface area contributed by atoms with Crippen molar-refractivity contribution in [2.45, 2.75) is 45.6 Å². The Morgan fingerprint density at radius 2 is 1.77 bits per heavy atom. The molecule has 0 N–H and O–H groups in total. The summed E-state index contributed by atoms with van der Waals surface area (Å²) in [5, 5.41) is 0.504. The summed E-state index contributed by atoms with van der Waals surface area (Å²) in [7, 11) is 0. The first-order chi connectivity index (χ1) is 14.1. The molecule has 1 aromatic carbocycles. The van der Waals surface area contributed by atoms with E-state index < -0.39 is 34.9 Å². The predicted molar refractivity (Wildman–Crippen MR) is 107 cm³/mol. The maximum Gasteiger partial charge on any atom is 0.410 e. The molecule has 1 fully saturated rings. The van der Waals surface area contributed by atoms with E-state index in [0.717, 1.165) is 0 Å². The number of carbonyl (C=O) groups excluding carboxylic acids is 4. The molecule has 3 rings (SSSR count). The SMILES string of the molecule is C=CCC1(C(=O)ON2C(=O)c3ccccc3C2=O)CCCN(C(=O)OC(C)(C)C)C1. The second-order valence-electron chi connectivity index (χ2n) is 8.61. The Morgan fingerprint density at radius 3 is 2.30 bits per heavy atom. The number of hydrogen-bond acceptors (Lipinski definition) is 6. The summed E-state index contributed by atoms with van der Waals surface area (Å²) in [5.74, 6) is -2.11. The quantitative estimate of drug-likeness (QED) is 0.554. The highest BCUT2D eigenvalue weighted by atomic mass is 16.7. The van der Waals surface area contributed by atoms with Gasteiger partial charge in [0.25, 0.3) is 11.8 Å². The number of imide groups is 1. The number of hydrogen-bond donors (Lipinski definition) is 0. The van der Waals surface area contributed by atoms with Crippen molar-refractivity contribution in [1.82, 2.24) is 9.96 Å². The molecule has 0 aliphatic carbocycles. The minimum atomic E-state index is -1.12.